The van der Waals surface area contributed by atoms with E-state index in [2.05, 4.69) is 33.5 Å². The van der Waals surface area contributed by atoms with E-state index < -0.39 is 0 Å². The molecule has 2 rings (SSSR count). The molecule has 0 saturated carbocycles. The summed E-state index contributed by atoms with van der Waals surface area (Å²) in [6.45, 7) is 2.74. The minimum Gasteiger partial charge on any atom is -0.508 e. The van der Waals surface area contributed by atoms with Gasteiger partial charge in [0.05, 0.1) is 0 Å². The highest BCUT2D eigenvalue weighted by molar-refractivity contribution is 9.10. The van der Waals surface area contributed by atoms with Crippen LogP contribution in [-0.4, -0.2) is 23.6 Å². The third-order valence-corrected chi connectivity index (χ3v) is 3.97. The second-order valence-corrected chi connectivity index (χ2v) is 5.79. The van der Waals surface area contributed by atoms with Crippen LogP contribution in [0.1, 0.15) is 37.8 Å². The van der Waals surface area contributed by atoms with Crippen molar-refractivity contribution in [1.29, 1.82) is 0 Å². The van der Waals surface area contributed by atoms with Crippen LogP contribution < -0.4 is 10.6 Å². The average molecular weight is 327 g/mol. The number of nitrogens with one attached hydrogen (secondary N) is 2. The van der Waals surface area contributed by atoms with Gasteiger partial charge in [-0.3, -0.25) is 4.79 Å². The van der Waals surface area contributed by atoms with Gasteiger partial charge in [-0.05, 0) is 31.0 Å². The second kappa shape index (κ2) is 6.39. The van der Waals surface area contributed by atoms with Gasteiger partial charge in [-0.15, -0.1) is 0 Å². The molecule has 0 radical (unpaired) electrons. The van der Waals surface area contributed by atoms with Crippen LogP contribution in [0.3, 0.4) is 0 Å². The second-order valence-electron chi connectivity index (χ2n) is 4.87. The first-order chi connectivity index (χ1) is 9.10. The third kappa shape index (κ3) is 3.70. The first-order valence-corrected chi connectivity index (χ1v) is 7.40. The Morgan fingerprint density at radius 3 is 3.00 bits per heavy atom. The minimum atomic E-state index is 0.0949. The van der Waals surface area contributed by atoms with Crippen LogP contribution in [0.4, 0.5) is 0 Å². The van der Waals surface area contributed by atoms with E-state index in [1.54, 1.807) is 6.07 Å². The number of aromatic hydroxyl groups is 1. The largest absolute Gasteiger partial charge is 0.508 e. The van der Waals surface area contributed by atoms with E-state index in [1.807, 2.05) is 12.1 Å². The Kier molecular flexibility index (Phi) is 4.82. The summed E-state index contributed by atoms with van der Waals surface area (Å²) in [5.41, 5.74) is 0.897. The minimum absolute atomic E-state index is 0.0949. The van der Waals surface area contributed by atoms with Gasteiger partial charge in [0.15, 0.2) is 0 Å². The van der Waals surface area contributed by atoms with E-state index in [0.717, 1.165) is 22.9 Å². The van der Waals surface area contributed by atoms with Gasteiger partial charge in [0.25, 0.3) is 0 Å². The number of hydrogen-bond donors (Lipinski definition) is 3. The Labute approximate surface area is 121 Å². The van der Waals surface area contributed by atoms with Crippen LogP contribution in [0.15, 0.2) is 22.7 Å². The molecule has 3 N–H and O–H groups in total. The summed E-state index contributed by atoms with van der Waals surface area (Å²) in [6, 6.07) is 5.83. The van der Waals surface area contributed by atoms with E-state index >= 15 is 0 Å². The lowest BCUT2D eigenvalue weighted by Crippen LogP contribution is -2.46. The summed E-state index contributed by atoms with van der Waals surface area (Å²) >= 11 is 3.43. The summed E-state index contributed by atoms with van der Waals surface area (Å²) in [7, 11) is 0. The van der Waals surface area contributed by atoms with Gasteiger partial charge in [-0.2, -0.15) is 0 Å². The predicted octanol–water partition coefficient (Wildman–Crippen LogP) is 2.47. The standard InChI is InChI=1S/C14H19BrN2O2/c1-2-12(11-7-9(15)3-5-13(11)18)17-10-4-6-14(19)16-8-10/h3,5,7,10,12,17-18H,2,4,6,8H2,1H3,(H,16,19). The fourth-order valence-electron chi connectivity index (χ4n) is 2.39. The molecular formula is C14H19BrN2O2. The molecule has 1 aliphatic rings. The maximum Gasteiger partial charge on any atom is 0.220 e. The fraction of sp³-hybridized carbons (Fsp3) is 0.500. The van der Waals surface area contributed by atoms with Crippen molar-refractivity contribution >= 4 is 21.8 Å². The number of halogens is 1. The Hall–Kier alpha value is -1.07. The number of hydrogen-bond acceptors (Lipinski definition) is 3. The maximum absolute atomic E-state index is 11.1. The molecule has 0 aromatic heterocycles. The van der Waals surface area contributed by atoms with Crippen LogP contribution in [0, 0.1) is 0 Å². The van der Waals surface area contributed by atoms with Crippen molar-refractivity contribution in [2.75, 3.05) is 6.54 Å². The highest BCUT2D eigenvalue weighted by Crippen LogP contribution is 2.30. The van der Waals surface area contributed by atoms with Gasteiger partial charge in [0.2, 0.25) is 5.91 Å². The van der Waals surface area contributed by atoms with Gasteiger partial charge in [0, 0.05) is 35.1 Å². The Morgan fingerprint density at radius 2 is 2.37 bits per heavy atom. The van der Waals surface area contributed by atoms with Crippen LogP contribution in [-0.2, 0) is 4.79 Å². The van der Waals surface area contributed by atoms with E-state index in [1.165, 1.54) is 0 Å². The number of rotatable bonds is 4. The molecule has 4 nitrogen and oxygen atoms in total. The van der Waals surface area contributed by atoms with E-state index in [-0.39, 0.29) is 18.0 Å². The van der Waals surface area contributed by atoms with Crippen molar-refractivity contribution in [1.82, 2.24) is 10.6 Å². The fourth-order valence-corrected chi connectivity index (χ4v) is 2.77. The van der Waals surface area contributed by atoms with Crippen LogP contribution >= 0.6 is 15.9 Å². The molecule has 0 aliphatic carbocycles. The monoisotopic (exact) mass is 326 g/mol. The Bertz CT molecular complexity index is 455. The van der Waals surface area contributed by atoms with Crippen molar-refractivity contribution in [3.63, 3.8) is 0 Å². The van der Waals surface area contributed by atoms with E-state index in [9.17, 15) is 9.90 Å². The van der Waals surface area contributed by atoms with Gasteiger partial charge >= 0.3 is 0 Å². The van der Waals surface area contributed by atoms with Gasteiger partial charge < -0.3 is 15.7 Å². The smallest absolute Gasteiger partial charge is 0.220 e. The van der Waals surface area contributed by atoms with Crippen molar-refractivity contribution < 1.29 is 9.90 Å². The predicted molar refractivity (Wildman–Crippen MR) is 78.0 cm³/mol. The van der Waals surface area contributed by atoms with Crippen LogP contribution in [0.2, 0.25) is 0 Å². The zero-order chi connectivity index (χ0) is 13.8. The first-order valence-electron chi connectivity index (χ1n) is 6.61. The van der Waals surface area contributed by atoms with Gasteiger partial charge in [0.1, 0.15) is 5.75 Å². The normalized spacial score (nSPS) is 20.9. The SMILES string of the molecule is CCC(NC1CCC(=O)NC1)c1cc(Br)ccc1O. The van der Waals surface area contributed by atoms with Crippen molar-refractivity contribution in [2.24, 2.45) is 0 Å². The number of phenolic OH excluding ortho intramolecular Hbond substituents is 1. The lowest BCUT2D eigenvalue weighted by molar-refractivity contribution is -0.122. The Morgan fingerprint density at radius 1 is 1.58 bits per heavy atom. The quantitative estimate of drug-likeness (QED) is 0.796. The molecule has 1 amide bonds. The molecule has 0 spiro atoms. The summed E-state index contributed by atoms with van der Waals surface area (Å²) < 4.78 is 0.956. The molecule has 1 aromatic rings. The highest BCUT2D eigenvalue weighted by atomic mass is 79.9. The summed E-state index contributed by atoms with van der Waals surface area (Å²) in [6.07, 6.45) is 2.30. The molecule has 1 aromatic carbocycles. The molecule has 1 saturated heterocycles. The van der Waals surface area contributed by atoms with Gasteiger partial charge in [-0.1, -0.05) is 22.9 Å². The van der Waals surface area contributed by atoms with Crippen molar-refractivity contribution in [3.05, 3.63) is 28.2 Å². The molecular weight excluding hydrogens is 308 g/mol. The molecule has 104 valence electrons. The summed E-state index contributed by atoms with van der Waals surface area (Å²) in [4.78, 5) is 11.1. The van der Waals surface area contributed by atoms with Crippen LogP contribution in [0.5, 0.6) is 5.75 Å². The van der Waals surface area contributed by atoms with E-state index in [0.29, 0.717) is 18.7 Å². The average Bonchev–Trinajstić information content (AvgIpc) is 2.41. The number of carbonyl (C=O) groups excluding carboxylic acids is 1. The molecule has 19 heavy (non-hydrogen) atoms. The van der Waals surface area contributed by atoms with Gasteiger partial charge in [-0.25, -0.2) is 0 Å². The number of carbonyl (C=O) groups is 1. The Balaban J connectivity index is 2.07. The summed E-state index contributed by atoms with van der Waals surface area (Å²) in [5.74, 6) is 0.429. The maximum atomic E-state index is 11.1. The van der Waals surface area contributed by atoms with Crippen molar-refractivity contribution in [3.8, 4) is 5.75 Å². The van der Waals surface area contributed by atoms with Crippen molar-refractivity contribution in [2.45, 2.75) is 38.3 Å². The summed E-state index contributed by atoms with van der Waals surface area (Å²) in [5, 5.41) is 16.4. The topological polar surface area (TPSA) is 61.4 Å². The number of amides is 1. The number of phenols is 1. The third-order valence-electron chi connectivity index (χ3n) is 3.48. The molecule has 5 heteroatoms. The highest BCUT2D eigenvalue weighted by Gasteiger charge is 2.22. The molecule has 1 heterocycles. The number of benzene rings is 1. The van der Waals surface area contributed by atoms with Crippen LogP contribution in [0.25, 0.3) is 0 Å². The molecule has 2 unspecified atom stereocenters. The molecule has 0 bridgehead atoms. The first kappa shape index (κ1) is 14.3. The zero-order valence-corrected chi connectivity index (χ0v) is 12.5. The molecule has 1 aliphatic heterocycles. The lowest BCUT2D eigenvalue weighted by atomic mass is 10.00. The number of piperidine rings is 1. The van der Waals surface area contributed by atoms with E-state index in [4.69, 9.17) is 0 Å². The zero-order valence-electron chi connectivity index (χ0n) is 10.9. The molecule has 2 atom stereocenters. The lowest BCUT2D eigenvalue weighted by Gasteiger charge is -2.29. The molecule has 1 fully saturated rings.